The Hall–Kier alpha value is -1.35. The lowest BCUT2D eigenvalue weighted by atomic mass is 10.1. The zero-order valence-corrected chi connectivity index (χ0v) is 6.29. The molecular formula is C8H10N2O. The second-order valence-corrected chi connectivity index (χ2v) is 2.33. The second kappa shape index (κ2) is 3.16. The second-order valence-electron chi connectivity index (χ2n) is 2.33. The number of nitrogens with two attached hydrogens (primary N) is 1. The van der Waals surface area contributed by atoms with Gasteiger partial charge in [-0.1, -0.05) is 6.07 Å². The molecule has 0 heterocycles. The molecule has 11 heavy (non-hydrogen) atoms. The summed E-state index contributed by atoms with van der Waals surface area (Å²) >= 11 is 0. The van der Waals surface area contributed by atoms with E-state index in [1.165, 1.54) is 0 Å². The lowest BCUT2D eigenvalue weighted by Gasteiger charge is -2.01. The number of benzene rings is 1. The molecule has 0 amide bonds. The van der Waals surface area contributed by atoms with Crippen LogP contribution in [0.1, 0.15) is 15.9 Å². The van der Waals surface area contributed by atoms with Gasteiger partial charge in [0.1, 0.15) is 6.29 Å². The number of anilines is 1. The normalized spacial score (nSPS) is 9.27. The average molecular weight is 150 g/mol. The number of carbonyl (C=O) groups excluding carboxylic acids is 1. The van der Waals surface area contributed by atoms with E-state index < -0.39 is 0 Å². The van der Waals surface area contributed by atoms with Crippen molar-refractivity contribution in [2.45, 2.75) is 6.92 Å². The van der Waals surface area contributed by atoms with Crippen molar-refractivity contribution in [1.29, 1.82) is 0 Å². The topological polar surface area (TPSA) is 55.1 Å². The zero-order chi connectivity index (χ0) is 8.27. The molecule has 0 saturated heterocycles. The van der Waals surface area contributed by atoms with Crippen LogP contribution in [0.25, 0.3) is 0 Å². The summed E-state index contributed by atoms with van der Waals surface area (Å²) in [7, 11) is 0. The van der Waals surface area contributed by atoms with E-state index in [1.807, 2.05) is 19.1 Å². The number of aldehydes is 1. The molecule has 1 aromatic rings. The SMILES string of the molecule is Cc1ccc(NN)cc1C=O. The Labute approximate surface area is 65.2 Å². The Morgan fingerprint density at radius 3 is 2.82 bits per heavy atom. The van der Waals surface area contributed by atoms with Crippen LogP contribution in [-0.4, -0.2) is 6.29 Å². The van der Waals surface area contributed by atoms with Crippen LogP contribution in [0.2, 0.25) is 0 Å². The van der Waals surface area contributed by atoms with Crippen molar-refractivity contribution >= 4 is 12.0 Å². The Balaban J connectivity index is 3.12. The maximum absolute atomic E-state index is 10.4. The van der Waals surface area contributed by atoms with Crippen molar-refractivity contribution in [3.8, 4) is 0 Å². The van der Waals surface area contributed by atoms with Gasteiger partial charge in [-0.25, -0.2) is 0 Å². The van der Waals surface area contributed by atoms with Crippen molar-refractivity contribution < 1.29 is 4.79 Å². The number of hydrogen-bond donors (Lipinski definition) is 2. The van der Waals surface area contributed by atoms with E-state index in [2.05, 4.69) is 5.43 Å². The highest BCUT2D eigenvalue weighted by molar-refractivity contribution is 5.79. The lowest BCUT2D eigenvalue weighted by molar-refractivity contribution is 0.112. The standard InChI is InChI=1S/C8H10N2O/c1-6-2-3-8(10-9)4-7(6)5-11/h2-5,10H,9H2,1H3. The minimum Gasteiger partial charge on any atom is -0.324 e. The third-order valence-corrected chi connectivity index (χ3v) is 1.57. The summed E-state index contributed by atoms with van der Waals surface area (Å²) in [5, 5.41) is 0. The summed E-state index contributed by atoms with van der Waals surface area (Å²) in [5.41, 5.74) is 4.84. The van der Waals surface area contributed by atoms with E-state index >= 15 is 0 Å². The largest absolute Gasteiger partial charge is 0.324 e. The lowest BCUT2D eigenvalue weighted by Crippen LogP contribution is -2.07. The summed E-state index contributed by atoms with van der Waals surface area (Å²) in [4.78, 5) is 10.4. The van der Waals surface area contributed by atoms with Gasteiger partial charge in [0.15, 0.2) is 0 Å². The Bertz CT molecular complexity index is 271. The molecule has 0 atom stereocenters. The summed E-state index contributed by atoms with van der Waals surface area (Å²) in [6.07, 6.45) is 0.816. The highest BCUT2D eigenvalue weighted by Crippen LogP contribution is 2.11. The summed E-state index contributed by atoms with van der Waals surface area (Å²) in [6.45, 7) is 1.88. The van der Waals surface area contributed by atoms with Gasteiger partial charge in [0, 0.05) is 11.3 Å². The first kappa shape index (κ1) is 7.75. The maximum atomic E-state index is 10.4. The molecule has 0 aromatic heterocycles. The quantitative estimate of drug-likeness (QED) is 0.377. The van der Waals surface area contributed by atoms with Crippen LogP contribution in [0.4, 0.5) is 5.69 Å². The first-order valence-electron chi connectivity index (χ1n) is 3.30. The summed E-state index contributed by atoms with van der Waals surface area (Å²) in [5.74, 6) is 5.16. The minimum absolute atomic E-state index is 0.667. The van der Waals surface area contributed by atoms with Crippen molar-refractivity contribution in [2.24, 2.45) is 5.84 Å². The number of rotatable bonds is 2. The summed E-state index contributed by atoms with van der Waals surface area (Å²) in [6, 6.07) is 5.38. The number of aryl methyl sites for hydroxylation is 1. The van der Waals surface area contributed by atoms with Gasteiger partial charge >= 0.3 is 0 Å². The molecule has 58 valence electrons. The van der Waals surface area contributed by atoms with E-state index in [1.54, 1.807) is 6.07 Å². The van der Waals surface area contributed by atoms with Crippen molar-refractivity contribution in [3.05, 3.63) is 29.3 Å². The van der Waals surface area contributed by atoms with Gasteiger partial charge in [-0.3, -0.25) is 10.6 Å². The van der Waals surface area contributed by atoms with E-state index in [-0.39, 0.29) is 0 Å². The zero-order valence-electron chi connectivity index (χ0n) is 6.29. The first-order valence-corrected chi connectivity index (χ1v) is 3.30. The molecule has 0 aliphatic carbocycles. The molecular weight excluding hydrogens is 140 g/mol. The fourth-order valence-electron chi connectivity index (χ4n) is 0.857. The van der Waals surface area contributed by atoms with Crippen LogP contribution in [0.15, 0.2) is 18.2 Å². The molecule has 0 saturated carbocycles. The van der Waals surface area contributed by atoms with Crippen LogP contribution in [0, 0.1) is 6.92 Å². The Morgan fingerprint density at radius 1 is 1.55 bits per heavy atom. The van der Waals surface area contributed by atoms with Gasteiger partial charge in [0.05, 0.1) is 0 Å². The van der Waals surface area contributed by atoms with Crippen molar-refractivity contribution in [1.82, 2.24) is 0 Å². The molecule has 0 radical (unpaired) electrons. The van der Waals surface area contributed by atoms with Gasteiger partial charge in [0.2, 0.25) is 0 Å². The molecule has 0 spiro atoms. The predicted octanol–water partition coefficient (Wildman–Crippen LogP) is 1.09. The summed E-state index contributed by atoms with van der Waals surface area (Å²) < 4.78 is 0. The van der Waals surface area contributed by atoms with Gasteiger partial charge in [-0.05, 0) is 24.6 Å². The monoisotopic (exact) mass is 150 g/mol. The number of nitrogens with one attached hydrogen (secondary N) is 1. The van der Waals surface area contributed by atoms with Crippen LogP contribution in [-0.2, 0) is 0 Å². The van der Waals surface area contributed by atoms with Crippen molar-refractivity contribution in [3.63, 3.8) is 0 Å². The molecule has 0 fully saturated rings. The van der Waals surface area contributed by atoms with Crippen LogP contribution < -0.4 is 11.3 Å². The van der Waals surface area contributed by atoms with Gasteiger partial charge in [-0.15, -0.1) is 0 Å². The molecule has 3 heteroatoms. The highest BCUT2D eigenvalue weighted by Gasteiger charge is 1.96. The number of hydrogen-bond acceptors (Lipinski definition) is 3. The molecule has 1 rings (SSSR count). The third kappa shape index (κ3) is 1.56. The van der Waals surface area contributed by atoms with E-state index in [0.717, 1.165) is 17.5 Å². The smallest absolute Gasteiger partial charge is 0.150 e. The highest BCUT2D eigenvalue weighted by atomic mass is 16.1. The fourth-order valence-corrected chi connectivity index (χ4v) is 0.857. The predicted molar refractivity (Wildman–Crippen MR) is 44.4 cm³/mol. The average Bonchev–Trinajstić information content (AvgIpc) is 2.05. The van der Waals surface area contributed by atoms with E-state index in [4.69, 9.17) is 5.84 Å². The molecule has 0 aliphatic rings. The molecule has 3 nitrogen and oxygen atoms in total. The van der Waals surface area contributed by atoms with E-state index in [0.29, 0.717) is 5.56 Å². The van der Waals surface area contributed by atoms with Crippen LogP contribution in [0.3, 0.4) is 0 Å². The molecule has 1 aromatic carbocycles. The maximum Gasteiger partial charge on any atom is 0.150 e. The number of nitrogen functional groups attached to an aromatic ring is 1. The number of hydrazine groups is 1. The molecule has 0 aliphatic heterocycles. The van der Waals surface area contributed by atoms with E-state index in [9.17, 15) is 4.79 Å². The van der Waals surface area contributed by atoms with Crippen LogP contribution >= 0.6 is 0 Å². The Kier molecular flexibility index (Phi) is 2.23. The van der Waals surface area contributed by atoms with Crippen molar-refractivity contribution in [2.75, 3.05) is 5.43 Å². The first-order chi connectivity index (χ1) is 5.27. The minimum atomic E-state index is 0.667. The van der Waals surface area contributed by atoms with Crippen LogP contribution in [0.5, 0.6) is 0 Å². The van der Waals surface area contributed by atoms with Gasteiger partial charge in [0.25, 0.3) is 0 Å². The Morgan fingerprint density at radius 2 is 2.27 bits per heavy atom. The fraction of sp³-hybridized carbons (Fsp3) is 0.125. The molecule has 0 bridgehead atoms. The molecule has 3 N–H and O–H groups in total. The van der Waals surface area contributed by atoms with Gasteiger partial charge < -0.3 is 5.43 Å². The third-order valence-electron chi connectivity index (χ3n) is 1.57. The van der Waals surface area contributed by atoms with Gasteiger partial charge in [-0.2, -0.15) is 0 Å². The number of carbonyl (C=O) groups is 1. The molecule has 0 unspecified atom stereocenters.